The van der Waals surface area contributed by atoms with Crippen LogP contribution < -0.4 is 10.6 Å². The monoisotopic (exact) mass is 236 g/mol. The van der Waals surface area contributed by atoms with Crippen molar-refractivity contribution in [3.63, 3.8) is 0 Å². The third-order valence-electron chi connectivity index (χ3n) is 3.16. The summed E-state index contributed by atoms with van der Waals surface area (Å²) in [5.41, 5.74) is 1.34. The van der Waals surface area contributed by atoms with Crippen molar-refractivity contribution in [3.8, 4) is 0 Å². The standard InChI is InChI=1S/C13H17FN2O/c1-8-3-10(14)5-11(4-8)16-13(17)12-7-15-6-9(12)2/h3-5,9,12,15H,6-7H2,1-2H3,(H,16,17)/t9-,12-/m1/s1. The Morgan fingerprint density at radius 3 is 2.76 bits per heavy atom. The predicted octanol–water partition coefficient (Wildman–Crippen LogP) is 1.93. The van der Waals surface area contributed by atoms with Crippen LogP contribution in [0.1, 0.15) is 12.5 Å². The molecular weight excluding hydrogens is 219 g/mol. The number of carbonyl (C=O) groups is 1. The molecule has 2 atom stereocenters. The maximum Gasteiger partial charge on any atom is 0.229 e. The molecule has 0 spiro atoms. The topological polar surface area (TPSA) is 41.1 Å². The van der Waals surface area contributed by atoms with Crippen LogP contribution in [-0.4, -0.2) is 19.0 Å². The summed E-state index contributed by atoms with van der Waals surface area (Å²) in [4.78, 5) is 12.0. The lowest BCUT2D eigenvalue weighted by atomic mass is 9.97. The number of halogens is 1. The lowest BCUT2D eigenvalue weighted by Gasteiger charge is -2.14. The van der Waals surface area contributed by atoms with Gasteiger partial charge in [0.05, 0.1) is 5.92 Å². The molecule has 1 aromatic carbocycles. The van der Waals surface area contributed by atoms with Gasteiger partial charge in [-0.2, -0.15) is 0 Å². The molecule has 1 heterocycles. The number of carbonyl (C=O) groups excluding carboxylic acids is 1. The van der Waals surface area contributed by atoms with E-state index < -0.39 is 0 Å². The Bertz CT molecular complexity index is 413. The maximum atomic E-state index is 13.2. The van der Waals surface area contributed by atoms with Gasteiger partial charge in [0.25, 0.3) is 0 Å². The summed E-state index contributed by atoms with van der Waals surface area (Å²) in [7, 11) is 0. The van der Waals surface area contributed by atoms with E-state index in [0.717, 1.165) is 12.1 Å². The molecule has 0 radical (unpaired) electrons. The first-order valence-corrected chi connectivity index (χ1v) is 5.85. The fourth-order valence-electron chi connectivity index (χ4n) is 2.20. The van der Waals surface area contributed by atoms with Crippen molar-refractivity contribution in [2.24, 2.45) is 11.8 Å². The van der Waals surface area contributed by atoms with Crippen molar-refractivity contribution in [3.05, 3.63) is 29.6 Å². The highest BCUT2D eigenvalue weighted by Crippen LogP contribution is 2.19. The average molecular weight is 236 g/mol. The highest BCUT2D eigenvalue weighted by Gasteiger charge is 2.29. The Morgan fingerprint density at radius 1 is 1.41 bits per heavy atom. The molecule has 1 saturated heterocycles. The van der Waals surface area contributed by atoms with Crippen molar-refractivity contribution in [2.45, 2.75) is 13.8 Å². The van der Waals surface area contributed by atoms with E-state index in [1.54, 1.807) is 13.0 Å². The molecular formula is C13H17FN2O. The molecule has 0 aliphatic carbocycles. The zero-order valence-electron chi connectivity index (χ0n) is 10.1. The minimum Gasteiger partial charge on any atom is -0.326 e. The number of aryl methyl sites for hydroxylation is 1. The Balaban J connectivity index is 2.07. The normalized spacial score (nSPS) is 23.7. The molecule has 17 heavy (non-hydrogen) atoms. The van der Waals surface area contributed by atoms with E-state index in [2.05, 4.69) is 10.6 Å². The van der Waals surface area contributed by atoms with Gasteiger partial charge >= 0.3 is 0 Å². The van der Waals surface area contributed by atoms with Crippen molar-refractivity contribution >= 4 is 11.6 Å². The summed E-state index contributed by atoms with van der Waals surface area (Å²) < 4.78 is 13.2. The van der Waals surface area contributed by atoms with E-state index in [0.29, 0.717) is 18.2 Å². The molecule has 0 saturated carbocycles. The van der Waals surface area contributed by atoms with Gasteiger partial charge < -0.3 is 10.6 Å². The number of hydrogen-bond donors (Lipinski definition) is 2. The molecule has 1 amide bonds. The van der Waals surface area contributed by atoms with Crippen LogP contribution in [0.15, 0.2) is 18.2 Å². The first kappa shape index (κ1) is 12.0. The fraction of sp³-hybridized carbons (Fsp3) is 0.462. The Hall–Kier alpha value is -1.42. The molecule has 0 aromatic heterocycles. The Morgan fingerprint density at radius 2 is 2.18 bits per heavy atom. The van der Waals surface area contributed by atoms with Gasteiger partial charge in [0.15, 0.2) is 0 Å². The second kappa shape index (κ2) is 4.84. The summed E-state index contributed by atoms with van der Waals surface area (Å²) in [6.07, 6.45) is 0. The van der Waals surface area contributed by atoms with E-state index in [1.165, 1.54) is 12.1 Å². The molecule has 1 aliphatic rings. The minimum absolute atomic E-state index is 0.0291. The maximum absolute atomic E-state index is 13.2. The lowest BCUT2D eigenvalue weighted by molar-refractivity contribution is -0.120. The third kappa shape index (κ3) is 2.82. The molecule has 1 aliphatic heterocycles. The molecule has 0 unspecified atom stereocenters. The van der Waals surface area contributed by atoms with Gasteiger partial charge in [-0.3, -0.25) is 4.79 Å². The number of anilines is 1. The van der Waals surface area contributed by atoms with Crippen LogP contribution in [0.25, 0.3) is 0 Å². The van der Waals surface area contributed by atoms with Crippen molar-refractivity contribution < 1.29 is 9.18 Å². The summed E-state index contributed by atoms with van der Waals surface area (Å²) in [5, 5.41) is 5.95. The van der Waals surface area contributed by atoms with Crippen LogP contribution in [0.4, 0.5) is 10.1 Å². The van der Waals surface area contributed by atoms with Gasteiger partial charge in [0.2, 0.25) is 5.91 Å². The van der Waals surface area contributed by atoms with Gasteiger partial charge in [-0.1, -0.05) is 6.92 Å². The summed E-state index contributed by atoms with van der Waals surface area (Å²) in [5.74, 6) is -0.0615. The Labute approximate surface area is 100 Å². The zero-order chi connectivity index (χ0) is 12.4. The van der Waals surface area contributed by atoms with Crippen LogP contribution in [-0.2, 0) is 4.79 Å². The van der Waals surface area contributed by atoms with Crippen molar-refractivity contribution in [2.75, 3.05) is 18.4 Å². The number of nitrogens with one attached hydrogen (secondary N) is 2. The van der Waals surface area contributed by atoms with Gasteiger partial charge in [0.1, 0.15) is 5.82 Å². The first-order valence-electron chi connectivity index (χ1n) is 5.85. The SMILES string of the molecule is Cc1cc(F)cc(NC(=O)[C@@H]2CNC[C@H]2C)c1. The van der Waals surface area contributed by atoms with E-state index in [1.807, 2.05) is 6.92 Å². The van der Waals surface area contributed by atoms with E-state index in [4.69, 9.17) is 0 Å². The second-order valence-electron chi connectivity index (χ2n) is 4.75. The van der Waals surface area contributed by atoms with Gasteiger partial charge in [0, 0.05) is 12.2 Å². The first-order chi connectivity index (χ1) is 8.06. The van der Waals surface area contributed by atoms with E-state index in [-0.39, 0.29) is 17.6 Å². The van der Waals surface area contributed by atoms with E-state index >= 15 is 0 Å². The molecule has 2 N–H and O–H groups in total. The molecule has 1 aromatic rings. The lowest BCUT2D eigenvalue weighted by Crippen LogP contribution is -2.27. The van der Waals surface area contributed by atoms with Gasteiger partial charge in [-0.25, -0.2) is 4.39 Å². The average Bonchev–Trinajstić information content (AvgIpc) is 2.62. The van der Waals surface area contributed by atoms with Crippen LogP contribution >= 0.6 is 0 Å². The quantitative estimate of drug-likeness (QED) is 0.823. The molecule has 1 fully saturated rings. The largest absolute Gasteiger partial charge is 0.326 e. The predicted molar refractivity (Wildman–Crippen MR) is 65.3 cm³/mol. The Kier molecular flexibility index (Phi) is 3.43. The highest BCUT2D eigenvalue weighted by molar-refractivity contribution is 5.93. The molecule has 3 nitrogen and oxygen atoms in total. The van der Waals surface area contributed by atoms with Crippen molar-refractivity contribution in [1.82, 2.24) is 5.32 Å². The third-order valence-corrected chi connectivity index (χ3v) is 3.16. The molecule has 0 bridgehead atoms. The van der Waals surface area contributed by atoms with Gasteiger partial charge in [-0.05, 0) is 43.1 Å². The molecule has 92 valence electrons. The molecule has 2 rings (SSSR count). The smallest absolute Gasteiger partial charge is 0.229 e. The van der Waals surface area contributed by atoms with Crippen LogP contribution in [0.3, 0.4) is 0 Å². The molecule has 4 heteroatoms. The summed E-state index contributed by atoms with van der Waals surface area (Å²) in [6.45, 7) is 5.40. The highest BCUT2D eigenvalue weighted by atomic mass is 19.1. The summed E-state index contributed by atoms with van der Waals surface area (Å²) in [6, 6.07) is 4.56. The number of hydrogen-bond acceptors (Lipinski definition) is 2. The van der Waals surface area contributed by atoms with Gasteiger partial charge in [-0.15, -0.1) is 0 Å². The number of benzene rings is 1. The van der Waals surface area contributed by atoms with Crippen molar-refractivity contribution in [1.29, 1.82) is 0 Å². The fourth-order valence-corrected chi connectivity index (χ4v) is 2.20. The number of rotatable bonds is 2. The van der Waals surface area contributed by atoms with E-state index in [9.17, 15) is 9.18 Å². The minimum atomic E-state index is -0.321. The van der Waals surface area contributed by atoms with Crippen LogP contribution in [0.5, 0.6) is 0 Å². The van der Waals surface area contributed by atoms with Crippen LogP contribution in [0.2, 0.25) is 0 Å². The number of amides is 1. The zero-order valence-corrected chi connectivity index (χ0v) is 10.1. The summed E-state index contributed by atoms with van der Waals surface area (Å²) >= 11 is 0. The van der Waals surface area contributed by atoms with Crippen LogP contribution in [0, 0.1) is 24.6 Å². The second-order valence-corrected chi connectivity index (χ2v) is 4.75.